The minimum atomic E-state index is -3.05. The van der Waals surface area contributed by atoms with Crippen molar-refractivity contribution in [2.75, 3.05) is 29.9 Å². The molecule has 2 aromatic rings. The number of sulfonamides is 1. The van der Waals surface area contributed by atoms with E-state index in [1.807, 2.05) is 11.8 Å². The minimum absolute atomic E-state index is 0.151. The number of rotatable bonds is 10. The Bertz CT molecular complexity index is 850. The van der Waals surface area contributed by atoms with E-state index < -0.39 is 10.0 Å². The lowest BCUT2D eigenvalue weighted by Crippen LogP contribution is -2.26. The van der Waals surface area contributed by atoms with Crippen molar-refractivity contribution in [3.8, 4) is 11.3 Å². The Morgan fingerprint density at radius 1 is 1.11 bits per heavy atom. The number of fused-ring (bicyclic) bond motifs is 3. The van der Waals surface area contributed by atoms with Crippen molar-refractivity contribution >= 4 is 38.3 Å². The number of aryl methyl sites for hydroxylation is 1. The highest BCUT2D eigenvalue weighted by molar-refractivity contribution is 7.99. The van der Waals surface area contributed by atoms with Gasteiger partial charge in [-0.05, 0) is 32.3 Å². The zero-order valence-corrected chi connectivity index (χ0v) is 18.1. The summed E-state index contributed by atoms with van der Waals surface area (Å²) in [5, 5.41) is 4.48. The Kier molecular flexibility index (Phi) is 7.57. The Morgan fingerprint density at radius 2 is 1.89 bits per heavy atom. The van der Waals surface area contributed by atoms with Crippen molar-refractivity contribution in [2.45, 2.75) is 43.9 Å². The van der Waals surface area contributed by atoms with Gasteiger partial charge in [0.2, 0.25) is 10.0 Å². The van der Waals surface area contributed by atoms with E-state index in [1.54, 1.807) is 18.3 Å². The number of unbranched alkanes of at least 4 members (excludes halogenated alkanes) is 3. The number of thiazole rings is 1. The first-order valence-electron chi connectivity index (χ1n) is 9.52. The van der Waals surface area contributed by atoms with Crippen LogP contribution in [0.15, 0.2) is 29.2 Å². The van der Waals surface area contributed by atoms with Gasteiger partial charge >= 0.3 is 0 Å². The summed E-state index contributed by atoms with van der Waals surface area (Å²) in [6, 6.07) is 8.53. The van der Waals surface area contributed by atoms with Crippen molar-refractivity contribution in [3.05, 3.63) is 29.1 Å². The minimum Gasteiger partial charge on any atom is -0.361 e. The summed E-state index contributed by atoms with van der Waals surface area (Å²) in [6.45, 7) is 3.10. The molecule has 1 aliphatic rings. The molecule has 148 valence electrons. The predicted molar refractivity (Wildman–Crippen MR) is 116 cm³/mol. The highest BCUT2D eigenvalue weighted by Crippen LogP contribution is 2.40. The fourth-order valence-corrected chi connectivity index (χ4v) is 5.79. The summed E-state index contributed by atoms with van der Waals surface area (Å²) in [4.78, 5) is 7.55. The van der Waals surface area contributed by atoms with Gasteiger partial charge in [-0.25, -0.2) is 18.1 Å². The lowest BCUT2D eigenvalue weighted by molar-refractivity contribution is 0.574. The van der Waals surface area contributed by atoms with Crippen LogP contribution in [0.4, 0.5) is 5.13 Å². The zero-order chi connectivity index (χ0) is 19.1. The fourth-order valence-electron chi connectivity index (χ4n) is 2.98. The molecule has 2 N–H and O–H groups in total. The largest absolute Gasteiger partial charge is 0.361 e. The Morgan fingerprint density at radius 3 is 2.70 bits per heavy atom. The van der Waals surface area contributed by atoms with Gasteiger partial charge in [0.05, 0.1) is 11.4 Å². The van der Waals surface area contributed by atoms with Crippen LogP contribution in [0.1, 0.15) is 37.5 Å². The first kappa shape index (κ1) is 20.6. The first-order chi connectivity index (χ1) is 13.1. The average Bonchev–Trinajstić information content (AvgIpc) is 2.99. The number of aromatic nitrogens is 1. The lowest BCUT2D eigenvalue weighted by Gasteiger charge is -2.05. The van der Waals surface area contributed by atoms with Crippen LogP contribution < -0.4 is 10.0 Å². The maximum atomic E-state index is 11.3. The quantitative estimate of drug-likeness (QED) is 0.553. The van der Waals surface area contributed by atoms with E-state index in [1.165, 1.54) is 15.3 Å². The molecule has 0 saturated heterocycles. The summed E-state index contributed by atoms with van der Waals surface area (Å²) < 4.78 is 25.3. The zero-order valence-electron chi connectivity index (χ0n) is 15.7. The van der Waals surface area contributed by atoms with Crippen molar-refractivity contribution in [1.29, 1.82) is 0 Å². The van der Waals surface area contributed by atoms with Crippen LogP contribution in [0.5, 0.6) is 0 Å². The van der Waals surface area contributed by atoms with Crippen LogP contribution in [0.2, 0.25) is 0 Å². The second kappa shape index (κ2) is 9.91. The maximum Gasteiger partial charge on any atom is 0.211 e. The molecule has 0 spiro atoms. The van der Waals surface area contributed by atoms with Crippen LogP contribution in [0, 0.1) is 0 Å². The number of hydrogen-bond acceptors (Lipinski definition) is 6. The van der Waals surface area contributed by atoms with Crippen molar-refractivity contribution in [2.24, 2.45) is 0 Å². The standard InChI is InChI=1S/C19H27N3O2S3/c1-2-27(23,24)21-13-8-4-3-7-12-20-19-22-18-15-9-5-6-10-16(15)25-14-11-17(18)26-19/h5-6,9-10,21H,2-4,7-8,11-14H2,1H3,(H,20,22). The van der Waals surface area contributed by atoms with Crippen LogP contribution in [0.25, 0.3) is 11.3 Å². The van der Waals surface area contributed by atoms with E-state index >= 15 is 0 Å². The highest BCUT2D eigenvalue weighted by Gasteiger charge is 2.19. The number of anilines is 1. The normalized spacial score (nSPS) is 13.7. The van der Waals surface area contributed by atoms with Gasteiger partial charge in [0.1, 0.15) is 0 Å². The molecule has 0 atom stereocenters. The smallest absolute Gasteiger partial charge is 0.211 e. The number of nitrogens with one attached hydrogen (secondary N) is 2. The summed E-state index contributed by atoms with van der Waals surface area (Å²) in [6.07, 6.45) is 5.15. The third kappa shape index (κ3) is 5.94. The average molecular weight is 426 g/mol. The fraction of sp³-hybridized carbons (Fsp3) is 0.526. The molecule has 2 heterocycles. The van der Waals surface area contributed by atoms with Crippen molar-refractivity contribution < 1.29 is 8.42 Å². The second-order valence-electron chi connectivity index (χ2n) is 6.52. The van der Waals surface area contributed by atoms with Gasteiger partial charge in [-0.2, -0.15) is 0 Å². The lowest BCUT2D eigenvalue weighted by atomic mass is 10.1. The van der Waals surface area contributed by atoms with Gasteiger partial charge in [0.15, 0.2) is 5.13 Å². The molecule has 0 unspecified atom stereocenters. The van der Waals surface area contributed by atoms with E-state index in [0.717, 1.165) is 55.2 Å². The molecule has 0 saturated carbocycles. The summed E-state index contributed by atoms with van der Waals surface area (Å²) in [7, 11) is -3.05. The maximum absolute atomic E-state index is 11.3. The third-order valence-corrected chi connectivity index (χ3v) is 8.06. The number of benzene rings is 1. The van der Waals surface area contributed by atoms with Gasteiger partial charge < -0.3 is 5.32 Å². The van der Waals surface area contributed by atoms with Gasteiger partial charge in [0.25, 0.3) is 0 Å². The van der Waals surface area contributed by atoms with Crippen molar-refractivity contribution in [3.63, 3.8) is 0 Å². The van der Waals surface area contributed by atoms with E-state index in [2.05, 4.69) is 34.3 Å². The molecule has 0 amide bonds. The summed E-state index contributed by atoms with van der Waals surface area (Å²) in [5.41, 5.74) is 2.40. The Hall–Kier alpha value is -1.09. The van der Waals surface area contributed by atoms with Gasteiger partial charge in [0, 0.05) is 34.2 Å². The van der Waals surface area contributed by atoms with Crippen LogP contribution >= 0.6 is 23.1 Å². The van der Waals surface area contributed by atoms with E-state index in [-0.39, 0.29) is 5.75 Å². The summed E-state index contributed by atoms with van der Waals surface area (Å²) in [5.74, 6) is 1.26. The molecule has 5 nitrogen and oxygen atoms in total. The molecule has 27 heavy (non-hydrogen) atoms. The monoisotopic (exact) mass is 425 g/mol. The Balaban J connectivity index is 1.41. The molecule has 0 bridgehead atoms. The molecule has 0 fully saturated rings. The molecule has 3 rings (SSSR count). The molecule has 1 aromatic carbocycles. The van der Waals surface area contributed by atoms with Gasteiger partial charge in [-0.15, -0.1) is 23.1 Å². The third-order valence-electron chi connectivity index (χ3n) is 4.51. The van der Waals surface area contributed by atoms with Gasteiger partial charge in [-0.3, -0.25) is 0 Å². The SMILES string of the molecule is CCS(=O)(=O)NCCCCCCNc1nc2c(s1)CCSc1ccccc1-2. The Labute approximate surface area is 170 Å². The van der Waals surface area contributed by atoms with E-state index in [0.29, 0.717) is 6.54 Å². The highest BCUT2D eigenvalue weighted by atomic mass is 32.2. The molecular weight excluding hydrogens is 398 g/mol. The molecule has 1 aromatic heterocycles. The van der Waals surface area contributed by atoms with Crippen LogP contribution in [-0.2, 0) is 16.4 Å². The van der Waals surface area contributed by atoms with Crippen LogP contribution in [-0.4, -0.2) is 38.0 Å². The van der Waals surface area contributed by atoms with Crippen LogP contribution in [0.3, 0.4) is 0 Å². The van der Waals surface area contributed by atoms with E-state index in [4.69, 9.17) is 4.98 Å². The van der Waals surface area contributed by atoms with Gasteiger partial charge in [-0.1, -0.05) is 31.0 Å². The molecule has 0 radical (unpaired) electrons. The number of nitrogens with zero attached hydrogens (tertiary/aromatic N) is 1. The predicted octanol–water partition coefficient (Wildman–Crippen LogP) is 4.37. The topological polar surface area (TPSA) is 71.1 Å². The molecule has 8 heteroatoms. The molecular formula is C19H27N3O2S3. The summed E-state index contributed by atoms with van der Waals surface area (Å²) >= 11 is 3.69. The molecule has 1 aliphatic heterocycles. The first-order valence-corrected chi connectivity index (χ1v) is 13.0. The second-order valence-corrected chi connectivity index (χ2v) is 10.8. The van der Waals surface area contributed by atoms with Crippen molar-refractivity contribution in [1.82, 2.24) is 9.71 Å². The van der Waals surface area contributed by atoms with E-state index in [9.17, 15) is 8.42 Å². The number of thioether (sulfide) groups is 1. The number of hydrogen-bond donors (Lipinski definition) is 2. The molecule has 0 aliphatic carbocycles.